The Morgan fingerprint density at radius 1 is 0.778 bits per heavy atom. The van der Waals surface area contributed by atoms with Crippen LogP contribution >= 0.6 is 0 Å². The number of rotatable bonds is 14. The summed E-state index contributed by atoms with van der Waals surface area (Å²) >= 11 is -0.123. The van der Waals surface area contributed by atoms with E-state index in [-0.39, 0.29) is 27.4 Å². The average Bonchev–Trinajstić information content (AvgIpc) is 2.38. The van der Waals surface area contributed by atoms with Gasteiger partial charge in [0.25, 0.3) is 0 Å². The van der Waals surface area contributed by atoms with Crippen LogP contribution in [0.25, 0.3) is 0 Å². The SMILES string of the molecule is CCCCOC(C[CH2][Sn][CH2]CCC)OCCCC. The molecule has 0 spiro atoms. The summed E-state index contributed by atoms with van der Waals surface area (Å²) in [5, 5.41) is 0. The molecular weight excluding hydrogens is 331 g/mol. The maximum atomic E-state index is 5.84. The number of hydrogen-bond donors (Lipinski definition) is 0. The normalized spacial score (nSPS) is 11.3. The van der Waals surface area contributed by atoms with Crippen molar-refractivity contribution in [3.8, 4) is 0 Å². The van der Waals surface area contributed by atoms with Gasteiger partial charge >= 0.3 is 125 Å². The van der Waals surface area contributed by atoms with Gasteiger partial charge in [-0.15, -0.1) is 0 Å². The molecule has 0 heterocycles. The van der Waals surface area contributed by atoms with Crippen LogP contribution in [0.1, 0.15) is 65.7 Å². The predicted molar refractivity (Wildman–Crippen MR) is 80.4 cm³/mol. The fourth-order valence-corrected chi connectivity index (χ4v) is 5.27. The van der Waals surface area contributed by atoms with Crippen LogP contribution in [-0.2, 0) is 9.47 Å². The van der Waals surface area contributed by atoms with Gasteiger partial charge in [-0.25, -0.2) is 0 Å². The first-order valence-corrected chi connectivity index (χ1v) is 11.8. The summed E-state index contributed by atoms with van der Waals surface area (Å²) in [4.78, 5) is 0. The van der Waals surface area contributed by atoms with Crippen LogP contribution in [0.4, 0.5) is 0 Å². The van der Waals surface area contributed by atoms with Crippen molar-refractivity contribution < 1.29 is 9.47 Å². The molecule has 0 aliphatic carbocycles. The monoisotopic (exact) mass is 364 g/mol. The molecule has 0 fully saturated rings. The standard InChI is InChI=1S/C11H23O2.C4H9.Sn/c1-4-7-9-12-11(6-3)13-10-8-5-2;1-3-4-2;/h11H,3-10H2,1-2H3;1,3-4H2,2H3;. The average molecular weight is 363 g/mol. The van der Waals surface area contributed by atoms with Gasteiger partial charge < -0.3 is 0 Å². The summed E-state index contributed by atoms with van der Waals surface area (Å²) in [6.45, 7) is 8.43. The van der Waals surface area contributed by atoms with Gasteiger partial charge in [-0.2, -0.15) is 0 Å². The molecule has 2 nitrogen and oxygen atoms in total. The van der Waals surface area contributed by atoms with Gasteiger partial charge in [0.2, 0.25) is 0 Å². The zero-order valence-electron chi connectivity index (χ0n) is 12.7. The van der Waals surface area contributed by atoms with Crippen molar-refractivity contribution in [2.45, 2.75) is 80.9 Å². The van der Waals surface area contributed by atoms with E-state index in [1.165, 1.54) is 34.6 Å². The fourth-order valence-electron chi connectivity index (χ4n) is 1.58. The molecule has 0 rings (SSSR count). The van der Waals surface area contributed by atoms with Gasteiger partial charge in [0.05, 0.1) is 0 Å². The first kappa shape index (κ1) is 18.7. The Morgan fingerprint density at radius 3 is 1.83 bits per heavy atom. The van der Waals surface area contributed by atoms with E-state index >= 15 is 0 Å². The summed E-state index contributed by atoms with van der Waals surface area (Å²) in [6, 6.07) is 0. The van der Waals surface area contributed by atoms with Gasteiger partial charge in [0.1, 0.15) is 0 Å². The van der Waals surface area contributed by atoms with Crippen LogP contribution < -0.4 is 0 Å². The second kappa shape index (κ2) is 15.8. The molecule has 2 radical (unpaired) electrons. The van der Waals surface area contributed by atoms with Gasteiger partial charge in [0.15, 0.2) is 0 Å². The van der Waals surface area contributed by atoms with Crippen molar-refractivity contribution in [1.82, 2.24) is 0 Å². The van der Waals surface area contributed by atoms with Gasteiger partial charge in [0, 0.05) is 0 Å². The van der Waals surface area contributed by atoms with Crippen LogP contribution in [-0.4, -0.2) is 40.6 Å². The zero-order chi connectivity index (χ0) is 13.5. The van der Waals surface area contributed by atoms with E-state index in [0.717, 1.165) is 32.5 Å². The molecule has 0 aromatic carbocycles. The molecule has 0 saturated heterocycles. The minimum absolute atomic E-state index is 0.0885. The van der Waals surface area contributed by atoms with Crippen molar-refractivity contribution >= 4 is 21.1 Å². The zero-order valence-corrected chi connectivity index (χ0v) is 15.5. The summed E-state index contributed by atoms with van der Waals surface area (Å²) in [7, 11) is 0. The Balaban J connectivity index is 3.60. The molecule has 0 bridgehead atoms. The molecule has 0 aliphatic heterocycles. The summed E-state index contributed by atoms with van der Waals surface area (Å²) < 4.78 is 14.6. The number of unbranched alkanes of at least 4 members (excludes halogenated alkanes) is 3. The Morgan fingerprint density at radius 2 is 1.33 bits per heavy atom. The van der Waals surface area contributed by atoms with Gasteiger partial charge in [-0.05, 0) is 0 Å². The molecule has 108 valence electrons. The Kier molecular flexibility index (Phi) is 16.4. The van der Waals surface area contributed by atoms with E-state index in [1.807, 2.05) is 0 Å². The Bertz CT molecular complexity index is 143. The first-order chi connectivity index (χ1) is 8.85. The van der Waals surface area contributed by atoms with E-state index in [9.17, 15) is 0 Å². The van der Waals surface area contributed by atoms with E-state index in [0.29, 0.717) is 0 Å². The molecular formula is C15H32O2Sn. The predicted octanol–water partition coefficient (Wildman–Crippen LogP) is 4.68. The fraction of sp³-hybridized carbons (Fsp3) is 1.00. The topological polar surface area (TPSA) is 18.5 Å². The van der Waals surface area contributed by atoms with Gasteiger partial charge in [-0.1, -0.05) is 0 Å². The Labute approximate surface area is 124 Å². The van der Waals surface area contributed by atoms with E-state index in [4.69, 9.17) is 9.47 Å². The molecule has 0 unspecified atom stereocenters. The van der Waals surface area contributed by atoms with Crippen LogP contribution in [0.5, 0.6) is 0 Å². The molecule has 0 N–H and O–H groups in total. The summed E-state index contributed by atoms with van der Waals surface area (Å²) in [5.74, 6) is 0. The van der Waals surface area contributed by atoms with Crippen LogP contribution in [0.15, 0.2) is 0 Å². The van der Waals surface area contributed by atoms with Crippen molar-refractivity contribution in [3.63, 3.8) is 0 Å². The van der Waals surface area contributed by atoms with Crippen molar-refractivity contribution in [2.75, 3.05) is 13.2 Å². The number of hydrogen-bond acceptors (Lipinski definition) is 2. The summed E-state index contributed by atoms with van der Waals surface area (Å²) in [6.07, 6.45) is 8.74. The first-order valence-electron chi connectivity index (χ1n) is 7.79. The van der Waals surface area contributed by atoms with Crippen LogP contribution in [0, 0.1) is 0 Å². The maximum absolute atomic E-state index is 5.84. The third-order valence-corrected chi connectivity index (χ3v) is 6.72. The Hall–Kier alpha value is 0.719. The second-order valence-corrected chi connectivity index (χ2v) is 9.05. The van der Waals surface area contributed by atoms with E-state index < -0.39 is 0 Å². The number of ether oxygens (including phenoxy) is 2. The molecule has 0 aromatic rings. The molecule has 0 aromatic heterocycles. The molecule has 0 amide bonds. The van der Waals surface area contributed by atoms with E-state index in [2.05, 4.69) is 20.8 Å². The van der Waals surface area contributed by atoms with Crippen molar-refractivity contribution in [2.24, 2.45) is 0 Å². The van der Waals surface area contributed by atoms with E-state index in [1.54, 1.807) is 0 Å². The van der Waals surface area contributed by atoms with Gasteiger partial charge in [-0.3, -0.25) is 0 Å². The molecule has 0 aliphatic rings. The molecule has 3 heteroatoms. The molecule has 18 heavy (non-hydrogen) atoms. The quantitative estimate of drug-likeness (QED) is 0.254. The van der Waals surface area contributed by atoms with Crippen LogP contribution in [0.3, 0.4) is 0 Å². The second-order valence-electron chi connectivity index (χ2n) is 4.77. The minimum atomic E-state index is -0.123. The van der Waals surface area contributed by atoms with Crippen LogP contribution in [0.2, 0.25) is 8.87 Å². The van der Waals surface area contributed by atoms with Crippen molar-refractivity contribution in [1.29, 1.82) is 0 Å². The van der Waals surface area contributed by atoms with Crippen molar-refractivity contribution in [3.05, 3.63) is 0 Å². The summed E-state index contributed by atoms with van der Waals surface area (Å²) in [5.41, 5.74) is 0. The third kappa shape index (κ3) is 13.2. The third-order valence-electron chi connectivity index (χ3n) is 2.87. The molecule has 0 saturated carbocycles. The molecule has 0 atom stereocenters.